The van der Waals surface area contributed by atoms with Gasteiger partial charge in [0.25, 0.3) is 0 Å². The number of hydrogen-bond acceptors (Lipinski definition) is 3. The van der Waals surface area contributed by atoms with Crippen LogP contribution in [0.5, 0.6) is 17.2 Å². The molecule has 0 bridgehead atoms. The van der Waals surface area contributed by atoms with Gasteiger partial charge >= 0.3 is 0 Å². The minimum Gasteiger partial charge on any atom is -0.504 e. The van der Waals surface area contributed by atoms with Crippen molar-refractivity contribution >= 4 is 0 Å². The van der Waals surface area contributed by atoms with Crippen LogP contribution in [0.4, 0.5) is 0 Å². The molecule has 1 N–H and O–H groups in total. The van der Waals surface area contributed by atoms with Crippen LogP contribution in [0.3, 0.4) is 0 Å². The highest BCUT2D eigenvalue weighted by Crippen LogP contribution is 2.46. The molecule has 0 unspecified atom stereocenters. The molecule has 0 fully saturated rings. The lowest BCUT2D eigenvalue weighted by molar-refractivity contribution is 0.133. The molecule has 1 aromatic carbocycles. The van der Waals surface area contributed by atoms with Gasteiger partial charge in [0.15, 0.2) is 11.5 Å². The van der Waals surface area contributed by atoms with E-state index in [1.165, 1.54) is 7.11 Å². The first-order valence-corrected chi connectivity index (χ1v) is 4.61. The summed E-state index contributed by atoms with van der Waals surface area (Å²) in [6.45, 7) is 4.03. The number of rotatable bonds is 1. The van der Waals surface area contributed by atoms with Gasteiger partial charge in [0, 0.05) is 12.0 Å². The SMILES string of the molecule is COc1c(O)ccc2c1OC(C)(C)C2. The summed E-state index contributed by atoms with van der Waals surface area (Å²) < 4.78 is 10.8. The van der Waals surface area contributed by atoms with Gasteiger partial charge in [-0.2, -0.15) is 0 Å². The zero-order valence-electron chi connectivity index (χ0n) is 8.63. The molecule has 0 radical (unpaired) electrons. The smallest absolute Gasteiger partial charge is 0.203 e. The number of methoxy groups -OCH3 is 1. The summed E-state index contributed by atoms with van der Waals surface area (Å²) in [5.74, 6) is 1.24. The molecular formula is C11H14O3. The van der Waals surface area contributed by atoms with Gasteiger partial charge < -0.3 is 14.6 Å². The van der Waals surface area contributed by atoms with Crippen molar-refractivity contribution in [3.8, 4) is 17.2 Å². The number of aromatic hydroxyl groups is 1. The summed E-state index contributed by atoms with van der Waals surface area (Å²) in [5, 5.41) is 9.54. The van der Waals surface area contributed by atoms with Crippen LogP contribution in [0.2, 0.25) is 0 Å². The van der Waals surface area contributed by atoms with Crippen LogP contribution >= 0.6 is 0 Å². The lowest BCUT2D eigenvalue weighted by Crippen LogP contribution is -2.24. The molecule has 3 nitrogen and oxygen atoms in total. The Bertz CT molecular complexity index is 369. The highest BCUT2D eigenvalue weighted by molar-refractivity contribution is 5.57. The average Bonchev–Trinajstić information content (AvgIpc) is 2.39. The molecule has 0 atom stereocenters. The highest BCUT2D eigenvalue weighted by Gasteiger charge is 2.33. The Balaban J connectivity index is 2.52. The molecule has 14 heavy (non-hydrogen) atoms. The van der Waals surface area contributed by atoms with E-state index in [-0.39, 0.29) is 11.4 Å². The number of ether oxygens (including phenoxy) is 2. The Hall–Kier alpha value is -1.38. The van der Waals surface area contributed by atoms with E-state index < -0.39 is 0 Å². The third-order valence-electron chi connectivity index (χ3n) is 2.37. The number of fused-ring (bicyclic) bond motifs is 1. The van der Waals surface area contributed by atoms with E-state index >= 15 is 0 Å². The lowest BCUT2D eigenvalue weighted by atomic mass is 10.0. The molecular weight excluding hydrogens is 180 g/mol. The zero-order valence-corrected chi connectivity index (χ0v) is 8.63. The highest BCUT2D eigenvalue weighted by atomic mass is 16.5. The predicted octanol–water partition coefficient (Wildman–Crippen LogP) is 2.11. The lowest BCUT2D eigenvalue weighted by Gasteiger charge is -2.17. The molecule has 0 saturated heterocycles. The van der Waals surface area contributed by atoms with Gasteiger partial charge in [-0.3, -0.25) is 0 Å². The Morgan fingerprint density at radius 2 is 2.14 bits per heavy atom. The predicted molar refractivity (Wildman–Crippen MR) is 53.1 cm³/mol. The topological polar surface area (TPSA) is 38.7 Å². The fraction of sp³-hybridized carbons (Fsp3) is 0.455. The molecule has 0 amide bonds. The fourth-order valence-corrected chi connectivity index (χ4v) is 1.81. The van der Waals surface area contributed by atoms with Crippen molar-refractivity contribution in [1.82, 2.24) is 0 Å². The van der Waals surface area contributed by atoms with Crippen molar-refractivity contribution in [2.75, 3.05) is 7.11 Å². The summed E-state index contributed by atoms with van der Waals surface area (Å²) in [4.78, 5) is 0. The minimum absolute atomic E-state index is 0.129. The van der Waals surface area contributed by atoms with Crippen LogP contribution in [-0.4, -0.2) is 17.8 Å². The molecule has 0 spiro atoms. The normalized spacial score (nSPS) is 17.4. The number of phenols is 1. The maximum Gasteiger partial charge on any atom is 0.203 e. The summed E-state index contributed by atoms with van der Waals surface area (Å²) >= 11 is 0. The third-order valence-corrected chi connectivity index (χ3v) is 2.37. The van der Waals surface area contributed by atoms with Gasteiger partial charge in [0.05, 0.1) is 7.11 Å². The van der Waals surface area contributed by atoms with Crippen molar-refractivity contribution in [2.24, 2.45) is 0 Å². The average molecular weight is 194 g/mol. The van der Waals surface area contributed by atoms with Gasteiger partial charge in [0.2, 0.25) is 5.75 Å². The van der Waals surface area contributed by atoms with E-state index in [9.17, 15) is 5.11 Å². The van der Waals surface area contributed by atoms with Crippen LogP contribution in [0, 0.1) is 0 Å². The third kappa shape index (κ3) is 1.29. The molecule has 1 aliphatic rings. The van der Waals surface area contributed by atoms with Gasteiger partial charge in [-0.15, -0.1) is 0 Å². The Labute approximate surface area is 83.3 Å². The van der Waals surface area contributed by atoms with Crippen LogP contribution in [0.1, 0.15) is 19.4 Å². The summed E-state index contributed by atoms with van der Waals surface area (Å²) in [5.41, 5.74) is 0.883. The van der Waals surface area contributed by atoms with E-state index in [2.05, 4.69) is 0 Å². The first kappa shape index (κ1) is 9.19. The Kier molecular flexibility index (Phi) is 1.84. The Morgan fingerprint density at radius 1 is 1.43 bits per heavy atom. The van der Waals surface area contributed by atoms with Crippen molar-refractivity contribution in [1.29, 1.82) is 0 Å². The van der Waals surface area contributed by atoms with Crippen molar-refractivity contribution in [3.05, 3.63) is 17.7 Å². The van der Waals surface area contributed by atoms with Crippen LogP contribution in [0.15, 0.2) is 12.1 Å². The van der Waals surface area contributed by atoms with Crippen LogP contribution in [-0.2, 0) is 6.42 Å². The summed E-state index contributed by atoms with van der Waals surface area (Å²) in [6.07, 6.45) is 0.846. The molecule has 1 aliphatic heterocycles. The Morgan fingerprint density at radius 3 is 2.79 bits per heavy atom. The van der Waals surface area contributed by atoms with E-state index in [1.54, 1.807) is 6.07 Å². The number of benzene rings is 1. The second-order valence-corrected chi connectivity index (χ2v) is 4.14. The second-order valence-electron chi connectivity index (χ2n) is 4.14. The number of phenolic OH excluding ortho intramolecular Hbond substituents is 1. The quantitative estimate of drug-likeness (QED) is 0.744. The maximum atomic E-state index is 9.54. The molecule has 1 heterocycles. The van der Waals surface area contributed by atoms with Crippen molar-refractivity contribution in [3.63, 3.8) is 0 Å². The first-order valence-electron chi connectivity index (χ1n) is 4.61. The van der Waals surface area contributed by atoms with Gasteiger partial charge in [-0.05, 0) is 19.9 Å². The van der Waals surface area contributed by atoms with Crippen LogP contribution < -0.4 is 9.47 Å². The number of hydrogen-bond donors (Lipinski definition) is 1. The molecule has 76 valence electrons. The zero-order chi connectivity index (χ0) is 10.3. The molecule has 0 aliphatic carbocycles. The van der Waals surface area contributed by atoms with E-state index in [0.29, 0.717) is 11.5 Å². The molecule has 2 rings (SSSR count). The van der Waals surface area contributed by atoms with Gasteiger partial charge in [-0.1, -0.05) is 6.07 Å². The summed E-state index contributed by atoms with van der Waals surface area (Å²) in [6, 6.07) is 3.52. The molecule has 0 saturated carbocycles. The fourth-order valence-electron chi connectivity index (χ4n) is 1.81. The monoisotopic (exact) mass is 194 g/mol. The first-order chi connectivity index (χ1) is 6.53. The van der Waals surface area contributed by atoms with E-state index in [1.807, 2.05) is 19.9 Å². The van der Waals surface area contributed by atoms with E-state index in [0.717, 1.165) is 12.0 Å². The maximum absolute atomic E-state index is 9.54. The van der Waals surface area contributed by atoms with Gasteiger partial charge in [0.1, 0.15) is 5.60 Å². The molecule has 3 heteroatoms. The minimum atomic E-state index is -0.205. The standard InChI is InChI=1S/C11H14O3/c1-11(2)6-7-4-5-8(12)10(13-3)9(7)14-11/h4-5,12H,6H2,1-3H3. The summed E-state index contributed by atoms with van der Waals surface area (Å²) in [7, 11) is 1.53. The van der Waals surface area contributed by atoms with E-state index in [4.69, 9.17) is 9.47 Å². The van der Waals surface area contributed by atoms with Crippen molar-refractivity contribution < 1.29 is 14.6 Å². The second kappa shape index (κ2) is 2.80. The van der Waals surface area contributed by atoms with Crippen molar-refractivity contribution in [2.45, 2.75) is 25.9 Å². The molecule has 0 aromatic heterocycles. The van der Waals surface area contributed by atoms with Gasteiger partial charge in [-0.25, -0.2) is 0 Å². The van der Waals surface area contributed by atoms with Crippen LogP contribution in [0.25, 0.3) is 0 Å². The molecule has 1 aromatic rings. The largest absolute Gasteiger partial charge is 0.504 e.